The Morgan fingerprint density at radius 1 is 0.704 bits per heavy atom. The maximum Gasteiger partial charge on any atom is 0.305 e. The molecule has 0 aliphatic rings. The summed E-state index contributed by atoms with van der Waals surface area (Å²) in [7, 11) is 0. The van der Waals surface area contributed by atoms with Crippen LogP contribution < -0.4 is 0 Å². The number of fused-ring (bicyclic) bond motifs is 1. The summed E-state index contributed by atoms with van der Waals surface area (Å²) in [6, 6.07) is 4.25. The number of hydrogen-bond donors (Lipinski definition) is 0. The van der Waals surface area contributed by atoms with Crippen LogP contribution in [0, 0.1) is 40.5 Å². The van der Waals surface area contributed by atoms with Crippen molar-refractivity contribution < 1.29 is 19.7 Å². The summed E-state index contributed by atoms with van der Waals surface area (Å²) >= 11 is 0. The van der Waals surface area contributed by atoms with Crippen LogP contribution in [0.2, 0.25) is 0 Å². The van der Waals surface area contributed by atoms with Gasteiger partial charge in [-0.3, -0.25) is 40.5 Å². The summed E-state index contributed by atoms with van der Waals surface area (Å²) in [5.74, 6) is 0. The van der Waals surface area contributed by atoms with Crippen LogP contribution in [0.25, 0.3) is 16.7 Å². The number of aromatic nitrogens is 3. The molecule has 0 spiro atoms. The van der Waals surface area contributed by atoms with Crippen molar-refractivity contribution in [2.45, 2.75) is 0 Å². The first-order valence-electron chi connectivity index (χ1n) is 6.82. The molecular formula is C12H5N7O8. The third-order valence-electron chi connectivity index (χ3n) is 3.44. The fourth-order valence-electron chi connectivity index (χ4n) is 2.28. The highest BCUT2D eigenvalue weighted by molar-refractivity contribution is 5.86. The van der Waals surface area contributed by atoms with E-state index in [2.05, 4.69) is 10.2 Å². The first kappa shape index (κ1) is 17.3. The van der Waals surface area contributed by atoms with Crippen LogP contribution in [-0.4, -0.2) is 34.7 Å². The van der Waals surface area contributed by atoms with E-state index in [0.29, 0.717) is 16.9 Å². The normalized spacial score (nSPS) is 10.7. The quantitative estimate of drug-likeness (QED) is 0.468. The molecule has 15 heteroatoms. The van der Waals surface area contributed by atoms with E-state index < -0.39 is 42.4 Å². The number of nitro groups is 4. The molecule has 136 valence electrons. The molecule has 0 fully saturated rings. The van der Waals surface area contributed by atoms with Crippen molar-refractivity contribution >= 4 is 33.8 Å². The number of hydrogen-bond acceptors (Lipinski definition) is 10. The van der Waals surface area contributed by atoms with E-state index in [0.717, 1.165) is 18.2 Å². The van der Waals surface area contributed by atoms with Gasteiger partial charge in [0.1, 0.15) is 5.52 Å². The summed E-state index contributed by atoms with van der Waals surface area (Å²) < 4.78 is 0. The molecule has 0 amide bonds. The average molecular weight is 375 g/mol. The topological polar surface area (TPSA) is 203 Å². The molecule has 3 rings (SSSR count). The fraction of sp³-hybridized carbons (Fsp3) is 0. The second-order valence-electron chi connectivity index (χ2n) is 5.02. The van der Waals surface area contributed by atoms with Gasteiger partial charge >= 0.3 is 11.4 Å². The number of nitro benzene ring substituents is 4. The molecule has 2 aromatic carbocycles. The second-order valence-corrected chi connectivity index (χ2v) is 5.02. The molecule has 0 saturated heterocycles. The Balaban J connectivity index is 2.28. The number of rotatable bonds is 5. The van der Waals surface area contributed by atoms with Crippen LogP contribution in [0.3, 0.4) is 0 Å². The van der Waals surface area contributed by atoms with Crippen LogP contribution in [0.4, 0.5) is 22.7 Å². The molecule has 0 bridgehead atoms. The Kier molecular flexibility index (Phi) is 3.88. The molecule has 0 aliphatic heterocycles. The average Bonchev–Trinajstić information content (AvgIpc) is 3.03. The molecule has 0 atom stereocenters. The summed E-state index contributed by atoms with van der Waals surface area (Å²) in [4.78, 5) is 41.2. The zero-order chi connectivity index (χ0) is 19.9. The predicted octanol–water partition coefficient (Wildman–Crippen LogP) is 2.05. The second kappa shape index (κ2) is 6.06. The van der Waals surface area contributed by atoms with Crippen LogP contribution in [0.15, 0.2) is 30.3 Å². The van der Waals surface area contributed by atoms with Crippen molar-refractivity contribution in [3.05, 3.63) is 70.8 Å². The van der Waals surface area contributed by atoms with Crippen molar-refractivity contribution in [3.63, 3.8) is 0 Å². The Morgan fingerprint density at radius 3 is 1.85 bits per heavy atom. The van der Waals surface area contributed by atoms with Gasteiger partial charge in [0.2, 0.25) is 0 Å². The first-order chi connectivity index (χ1) is 12.7. The maximum absolute atomic E-state index is 11.2. The molecule has 1 aromatic heterocycles. The highest BCUT2D eigenvalue weighted by atomic mass is 16.6. The fourth-order valence-corrected chi connectivity index (χ4v) is 2.28. The lowest BCUT2D eigenvalue weighted by atomic mass is 10.2. The smallest absolute Gasteiger partial charge is 0.258 e. The van der Waals surface area contributed by atoms with Gasteiger partial charge < -0.3 is 0 Å². The molecule has 0 unspecified atom stereocenters. The molecule has 0 radical (unpaired) electrons. The summed E-state index contributed by atoms with van der Waals surface area (Å²) in [6.07, 6.45) is 0. The number of non-ortho nitro benzene ring substituents is 3. The van der Waals surface area contributed by atoms with Crippen LogP contribution >= 0.6 is 0 Å². The van der Waals surface area contributed by atoms with E-state index in [1.807, 2.05) is 0 Å². The van der Waals surface area contributed by atoms with Crippen molar-refractivity contribution in [1.29, 1.82) is 0 Å². The zero-order valence-corrected chi connectivity index (χ0v) is 12.8. The van der Waals surface area contributed by atoms with Crippen molar-refractivity contribution in [1.82, 2.24) is 15.0 Å². The minimum Gasteiger partial charge on any atom is -0.258 e. The van der Waals surface area contributed by atoms with Gasteiger partial charge in [-0.05, 0) is 6.07 Å². The minimum atomic E-state index is -0.910. The van der Waals surface area contributed by atoms with Crippen molar-refractivity contribution in [2.24, 2.45) is 0 Å². The van der Waals surface area contributed by atoms with Crippen molar-refractivity contribution in [3.8, 4) is 5.69 Å². The van der Waals surface area contributed by atoms with Gasteiger partial charge in [-0.2, -0.15) is 0 Å². The monoisotopic (exact) mass is 375 g/mol. The lowest BCUT2D eigenvalue weighted by Crippen LogP contribution is -2.04. The molecule has 15 nitrogen and oxygen atoms in total. The van der Waals surface area contributed by atoms with Crippen LogP contribution in [0.5, 0.6) is 0 Å². The van der Waals surface area contributed by atoms with E-state index >= 15 is 0 Å². The summed E-state index contributed by atoms with van der Waals surface area (Å²) in [6.45, 7) is 0. The lowest BCUT2D eigenvalue weighted by molar-refractivity contribution is -0.394. The Hall–Kier alpha value is -4.56. The molecule has 0 N–H and O–H groups in total. The number of benzene rings is 2. The largest absolute Gasteiger partial charge is 0.305 e. The molecule has 3 aromatic rings. The minimum absolute atomic E-state index is 0.247. The highest BCUT2D eigenvalue weighted by Gasteiger charge is 2.26. The van der Waals surface area contributed by atoms with E-state index in [9.17, 15) is 40.5 Å². The Labute approximate surface area is 146 Å². The van der Waals surface area contributed by atoms with Gasteiger partial charge in [-0.15, -0.1) is 15.0 Å². The highest BCUT2D eigenvalue weighted by Crippen LogP contribution is 2.31. The van der Waals surface area contributed by atoms with Gasteiger partial charge in [0.05, 0.1) is 31.8 Å². The lowest BCUT2D eigenvalue weighted by Gasteiger charge is -2.00. The summed E-state index contributed by atoms with van der Waals surface area (Å²) in [5, 5.41) is 51.7. The van der Waals surface area contributed by atoms with E-state index in [1.165, 1.54) is 0 Å². The Morgan fingerprint density at radius 2 is 1.30 bits per heavy atom. The Bertz CT molecular complexity index is 1150. The molecule has 1 heterocycles. The van der Waals surface area contributed by atoms with Gasteiger partial charge in [-0.1, -0.05) is 0 Å². The standard InChI is InChI=1S/C12H5N7O8/c20-16(21)6-1-2-9(10(4-6)18(24)25)15-13-8-3-7(17(22)23)5-11(19(26)27)12(8)14-15/h1-5H. The predicted molar refractivity (Wildman–Crippen MR) is 85.5 cm³/mol. The molecule has 0 aliphatic carbocycles. The molecular weight excluding hydrogens is 370 g/mol. The molecule has 0 saturated carbocycles. The maximum atomic E-state index is 11.2. The van der Waals surface area contributed by atoms with Crippen molar-refractivity contribution in [2.75, 3.05) is 0 Å². The third kappa shape index (κ3) is 2.95. The van der Waals surface area contributed by atoms with E-state index in [1.54, 1.807) is 0 Å². The SMILES string of the molecule is O=[N+]([O-])c1ccc(-n2nc3cc([N+](=O)[O-])cc([N+](=O)[O-])c3n2)c([N+](=O)[O-])c1. The van der Waals surface area contributed by atoms with Crippen LogP contribution in [0.1, 0.15) is 0 Å². The van der Waals surface area contributed by atoms with Gasteiger partial charge in [0, 0.05) is 12.1 Å². The van der Waals surface area contributed by atoms with Gasteiger partial charge in [0.25, 0.3) is 11.4 Å². The first-order valence-corrected chi connectivity index (χ1v) is 6.82. The van der Waals surface area contributed by atoms with E-state index in [-0.39, 0.29) is 16.7 Å². The third-order valence-corrected chi connectivity index (χ3v) is 3.44. The molecule has 27 heavy (non-hydrogen) atoms. The van der Waals surface area contributed by atoms with Gasteiger partial charge in [0.15, 0.2) is 11.2 Å². The van der Waals surface area contributed by atoms with Gasteiger partial charge in [-0.25, -0.2) is 0 Å². The summed E-state index contributed by atoms with van der Waals surface area (Å²) in [5.41, 5.74) is -3.49. The van der Waals surface area contributed by atoms with Crippen LogP contribution in [-0.2, 0) is 0 Å². The zero-order valence-electron chi connectivity index (χ0n) is 12.8. The number of nitrogens with zero attached hydrogens (tertiary/aromatic N) is 7. The van der Waals surface area contributed by atoms with E-state index in [4.69, 9.17) is 0 Å².